The number of nitrogens with zero attached hydrogens (tertiary/aromatic N) is 4. The molecule has 1 unspecified atom stereocenters. The van der Waals surface area contributed by atoms with Gasteiger partial charge in [0.2, 0.25) is 5.91 Å². The minimum Gasteiger partial charge on any atom is -0.342 e. The molecule has 1 atom stereocenters. The van der Waals surface area contributed by atoms with E-state index in [4.69, 9.17) is 0 Å². The standard InChI is InChI=1S/C16H18N4O/c1-12-4-7-18-16(19-12)14-5-8-20(11-14)15(21)9-13-3-2-6-17-10-13/h2-4,6-7,10,14H,5,8-9,11H2,1H3. The molecule has 0 saturated carbocycles. The van der Waals surface area contributed by atoms with Crippen LogP contribution in [0.2, 0.25) is 0 Å². The Labute approximate surface area is 124 Å². The third-order valence-corrected chi connectivity index (χ3v) is 3.80. The fourth-order valence-electron chi connectivity index (χ4n) is 2.65. The number of rotatable bonds is 3. The number of aromatic nitrogens is 3. The molecule has 0 spiro atoms. The second-order valence-corrected chi connectivity index (χ2v) is 5.42. The van der Waals surface area contributed by atoms with E-state index in [-0.39, 0.29) is 11.8 Å². The molecule has 1 aliphatic rings. The summed E-state index contributed by atoms with van der Waals surface area (Å²) in [7, 11) is 0. The van der Waals surface area contributed by atoms with Crippen LogP contribution in [-0.2, 0) is 11.2 Å². The van der Waals surface area contributed by atoms with Crippen LogP contribution >= 0.6 is 0 Å². The van der Waals surface area contributed by atoms with E-state index in [9.17, 15) is 4.79 Å². The van der Waals surface area contributed by atoms with Gasteiger partial charge in [-0.25, -0.2) is 9.97 Å². The molecule has 0 bridgehead atoms. The molecule has 0 aromatic carbocycles. The molecule has 1 amide bonds. The topological polar surface area (TPSA) is 59.0 Å². The zero-order valence-electron chi connectivity index (χ0n) is 12.1. The number of amides is 1. The van der Waals surface area contributed by atoms with E-state index < -0.39 is 0 Å². The molecule has 1 fully saturated rings. The van der Waals surface area contributed by atoms with Gasteiger partial charge in [-0.05, 0) is 31.0 Å². The van der Waals surface area contributed by atoms with Gasteiger partial charge in [-0.1, -0.05) is 6.07 Å². The van der Waals surface area contributed by atoms with Crippen molar-refractivity contribution < 1.29 is 4.79 Å². The van der Waals surface area contributed by atoms with E-state index in [0.717, 1.165) is 30.0 Å². The van der Waals surface area contributed by atoms with Crippen molar-refractivity contribution in [3.05, 3.63) is 53.9 Å². The van der Waals surface area contributed by atoms with Gasteiger partial charge in [0.05, 0.1) is 6.42 Å². The highest BCUT2D eigenvalue weighted by atomic mass is 16.2. The van der Waals surface area contributed by atoms with Crippen molar-refractivity contribution in [3.63, 3.8) is 0 Å². The van der Waals surface area contributed by atoms with Gasteiger partial charge in [0.15, 0.2) is 0 Å². The second-order valence-electron chi connectivity index (χ2n) is 5.42. The highest BCUT2D eigenvalue weighted by Crippen LogP contribution is 2.25. The number of pyridine rings is 1. The predicted octanol–water partition coefficient (Wildman–Crippen LogP) is 1.74. The predicted molar refractivity (Wildman–Crippen MR) is 78.6 cm³/mol. The van der Waals surface area contributed by atoms with Crippen LogP contribution in [0.1, 0.15) is 29.4 Å². The first-order chi connectivity index (χ1) is 10.2. The van der Waals surface area contributed by atoms with Gasteiger partial charge in [0.25, 0.3) is 0 Å². The van der Waals surface area contributed by atoms with Crippen LogP contribution in [0.5, 0.6) is 0 Å². The van der Waals surface area contributed by atoms with Crippen molar-refractivity contribution in [3.8, 4) is 0 Å². The molecule has 108 valence electrons. The zero-order chi connectivity index (χ0) is 14.7. The summed E-state index contributed by atoms with van der Waals surface area (Å²) in [5.74, 6) is 1.26. The molecule has 2 aromatic heterocycles. The van der Waals surface area contributed by atoms with Crippen molar-refractivity contribution in [1.82, 2.24) is 19.9 Å². The average Bonchev–Trinajstić information content (AvgIpc) is 2.98. The smallest absolute Gasteiger partial charge is 0.227 e. The SMILES string of the molecule is Cc1ccnc(C2CCN(C(=O)Cc3cccnc3)C2)n1. The van der Waals surface area contributed by atoms with Crippen LogP contribution in [0.3, 0.4) is 0 Å². The third-order valence-electron chi connectivity index (χ3n) is 3.80. The summed E-state index contributed by atoms with van der Waals surface area (Å²) in [6.07, 6.45) is 6.60. The Morgan fingerprint density at radius 1 is 1.38 bits per heavy atom. The summed E-state index contributed by atoms with van der Waals surface area (Å²) in [5.41, 5.74) is 1.93. The molecule has 21 heavy (non-hydrogen) atoms. The molecule has 5 heteroatoms. The summed E-state index contributed by atoms with van der Waals surface area (Å²) in [4.78, 5) is 27.1. The molecule has 1 saturated heterocycles. The lowest BCUT2D eigenvalue weighted by atomic mass is 10.1. The Bertz CT molecular complexity index is 629. The van der Waals surface area contributed by atoms with E-state index >= 15 is 0 Å². The minimum absolute atomic E-state index is 0.151. The lowest BCUT2D eigenvalue weighted by Gasteiger charge is -2.16. The second kappa shape index (κ2) is 5.99. The number of carbonyl (C=O) groups excluding carboxylic acids is 1. The fourth-order valence-corrected chi connectivity index (χ4v) is 2.65. The molecular weight excluding hydrogens is 264 g/mol. The fraction of sp³-hybridized carbons (Fsp3) is 0.375. The van der Waals surface area contributed by atoms with Gasteiger partial charge in [0.1, 0.15) is 5.82 Å². The van der Waals surface area contributed by atoms with E-state index in [2.05, 4.69) is 15.0 Å². The van der Waals surface area contributed by atoms with Crippen LogP contribution in [0.15, 0.2) is 36.8 Å². The Morgan fingerprint density at radius 3 is 3.05 bits per heavy atom. The normalized spacial score (nSPS) is 18.0. The van der Waals surface area contributed by atoms with Crippen molar-refractivity contribution in [2.45, 2.75) is 25.7 Å². The first-order valence-corrected chi connectivity index (χ1v) is 7.18. The van der Waals surface area contributed by atoms with Gasteiger partial charge >= 0.3 is 0 Å². The summed E-state index contributed by atoms with van der Waals surface area (Å²) in [6.45, 7) is 3.45. The van der Waals surface area contributed by atoms with Crippen molar-refractivity contribution in [2.75, 3.05) is 13.1 Å². The van der Waals surface area contributed by atoms with Crippen LogP contribution in [0.25, 0.3) is 0 Å². The third kappa shape index (κ3) is 3.24. The maximum atomic E-state index is 12.3. The molecule has 2 aromatic rings. The summed E-state index contributed by atoms with van der Waals surface area (Å²) >= 11 is 0. The van der Waals surface area contributed by atoms with E-state index in [1.165, 1.54) is 0 Å². The number of carbonyl (C=O) groups is 1. The van der Waals surface area contributed by atoms with E-state index in [1.54, 1.807) is 18.6 Å². The molecule has 1 aliphatic heterocycles. The number of aryl methyl sites for hydroxylation is 1. The van der Waals surface area contributed by atoms with E-state index in [0.29, 0.717) is 13.0 Å². The molecule has 0 N–H and O–H groups in total. The largest absolute Gasteiger partial charge is 0.342 e. The Hall–Kier alpha value is -2.30. The summed E-state index contributed by atoms with van der Waals surface area (Å²) in [6, 6.07) is 5.68. The molecule has 3 heterocycles. The highest BCUT2D eigenvalue weighted by Gasteiger charge is 2.28. The van der Waals surface area contributed by atoms with Crippen molar-refractivity contribution >= 4 is 5.91 Å². The van der Waals surface area contributed by atoms with Gasteiger partial charge in [0, 0.05) is 43.3 Å². The van der Waals surface area contributed by atoms with Crippen molar-refractivity contribution in [2.24, 2.45) is 0 Å². The maximum absolute atomic E-state index is 12.3. The first kappa shape index (κ1) is 13.7. The Balaban J connectivity index is 1.63. The quantitative estimate of drug-likeness (QED) is 0.860. The lowest BCUT2D eigenvalue weighted by Crippen LogP contribution is -2.30. The van der Waals surface area contributed by atoms with Crippen LogP contribution in [0, 0.1) is 6.92 Å². The Kier molecular flexibility index (Phi) is 3.90. The van der Waals surface area contributed by atoms with Gasteiger partial charge < -0.3 is 4.90 Å². The number of hydrogen-bond acceptors (Lipinski definition) is 4. The monoisotopic (exact) mass is 282 g/mol. The molecule has 0 radical (unpaired) electrons. The first-order valence-electron chi connectivity index (χ1n) is 7.18. The minimum atomic E-state index is 0.151. The Morgan fingerprint density at radius 2 is 2.29 bits per heavy atom. The van der Waals surface area contributed by atoms with Gasteiger partial charge in [-0.3, -0.25) is 9.78 Å². The summed E-state index contributed by atoms with van der Waals surface area (Å²) < 4.78 is 0. The molecule has 3 rings (SSSR count). The maximum Gasteiger partial charge on any atom is 0.227 e. The zero-order valence-corrected chi connectivity index (χ0v) is 12.1. The van der Waals surface area contributed by atoms with Crippen LogP contribution in [0.4, 0.5) is 0 Å². The van der Waals surface area contributed by atoms with Crippen LogP contribution < -0.4 is 0 Å². The average molecular weight is 282 g/mol. The molecule has 0 aliphatic carbocycles. The summed E-state index contributed by atoms with van der Waals surface area (Å²) in [5, 5.41) is 0. The van der Waals surface area contributed by atoms with Gasteiger partial charge in [-0.2, -0.15) is 0 Å². The highest BCUT2D eigenvalue weighted by molar-refractivity contribution is 5.79. The molecule has 5 nitrogen and oxygen atoms in total. The van der Waals surface area contributed by atoms with Crippen LogP contribution in [-0.4, -0.2) is 38.8 Å². The number of hydrogen-bond donors (Lipinski definition) is 0. The lowest BCUT2D eigenvalue weighted by molar-refractivity contribution is -0.129. The molecular formula is C16H18N4O. The number of likely N-dealkylation sites (tertiary alicyclic amines) is 1. The van der Waals surface area contributed by atoms with Crippen molar-refractivity contribution in [1.29, 1.82) is 0 Å². The van der Waals surface area contributed by atoms with Gasteiger partial charge in [-0.15, -0.1) is 0 Å². The van der Waals surface area contributed by atoms with E-state index in [1.807, 2.05) is 30.0 Å².